The predicted octanol–water partition coefficient (Wildman–Crippen LogP) is -0.377. The number of hydrazone groups is 1. The maximum absolute atomic E-state index is 10.8. The zero-order valence-corrected chi connectivity index (χ0v) is 15.0. The molecule has 0 radical (unpaired) electrons. The zero-order valence-electron chi connectivity index (χ0n) is 13.0. The van der Waals surface area contributed by atoms with E-state index in [1.54, 1.807) is 18.3 Å². The Morgan fingerprint density at radius 2 is 1.86 bits per heavy atom. The number of hydrogen-bond acceptors (Lipinski definition) is 4. The molecule has 2 rings (SSSR count). The summed E-state index contributed by atoms with van der Waals surface area (Å²) < 4.78 is 0. The Kier molecular flexibility index (Phi) is 7.32. The molecule has 0 aromatic heterocycles. The van der Waals surface area contributed by atoms with E-state index in [1.165, 1.54) is 17.7 Å². The fourth-order valence-electron chi connectivity index (χ4n) is 1.86. The van der Waals surface area contributed by atoms with E-state index in [2.05, 4.69) is 36.5 Å². The number of carboxylic acid groups (broad SMARTS) is 1. The van der Waals surface area contributed by atoms with E-state index < -0.39 is 5.97 Å². The van der Waals surface area contributed by atoms with Crippen molar-refractivity contribution in [3.63, 3.8) is 0 Å². The number of nitrogens with zero attached hydrogens (tertiary/aromatic N) is 1. The van der Waals surface area contributed by atoms with Gasteiger partial charge in [0.05, 0.1) is 17.9 Å². The number of rotatable bonds is 5. The standard InChI is InChI=1S/C17H18N2O2.Na/c1-12(2)14-8-6-13(7-9-14)11-18-19-16-5-3-4-15(10-16)17(20)21;/h3-12,19H,1-2H3,(H,20,21);/q;+1/p-1/b18-11+;. The summed E-state index contributed by atoms with van der Waals surface area (Å²) in [5.41, 5.74) is 5.78. The van der Waals surface area contributed by atoms with Crippen LogP contribution in [0.5, 0.6) is 0 Å². The van der Waals surface area contributed by atoms with Crippen molar-refractivity contribution in [1.29, 1.82) is 0 Å². The average molecular weight is 304 g/mol. The van der Waals surface area contributed by atoms with E-state index in [0.29, 0.717) is 11.6 Å². The third-order valence-corrected chi connectivity index (χ3v) is 3.11. The molecule has 1 N–H and O–H groups in total. The fraction of sp³-hybridized carbons (Fsp3) is 0.176. The molecule has 22 heavy (non-hydrogen) atoms. The van der Waals surface area contributed by atoms with Crippen LogP contribution in [0, 0.1) is 0 Å². The van der Waals surface area contributed by atoms with Gasteiger partial charge in [-0.05, 0) is 34.7 Å². The molecular formula is C17H17N2NaO2. The number of carbonyl (C=O) groups is 1. The Hall–Kier alpha value is -1.62. The van der Waals surface area contributed by atoms with Gasteiger partial charge in [0.15, 0.2) is 0 Å². The van der Waals surface area contributed by atoms with Gasteiger partial charge in [0.25, 0.3) is 0 Å². The monoisotopic (exact) mass is 304 g/mol. The van der Waals surface area contributed by atoms with Crippen LogP contribution < -0.4 is 40.1 Å². The molecule has 108 valence electrons. The van der Waals surface area contributed by atoms with Crippen LogP contribution in [0.3, 0.4) is 0 Å². The Morgan fingerprint density at radius 1 is 1.18 bits per heavy atom. The quantitative estimate of drug-likeness (QED) is 0.465. The van der Waals surface area contributed by atoms with Gasteiger partial charge in [-0.15, -0.1) is 0 Å². The summed E-state index contributed by atoms with van der Waals surface area (Å²) in [6, 6.07) is 14.5. The number of nitrogens with one attached hydrogen (secondary N) is 1. The molecule has 0 aliphatic heterocycles. The number of benzene rings is 2. The van der Waals surface area contributed by atoms with Gasteiger partial charge < -0.3 is 9.90 Å². The normalized spacial score (nSPS) is 10.5. The van der Waals surface area contributed by atoms with Crippen LogP contribution in [0.25, 0.3) is 0 Å². The second-order valence-electron chi connectivity index (χ2n) is 5.06. The Bertz CT molecular complexity index is 652. The first-order valence-electron chi connectivity index (χ1n) is 6.76. The number of hydrogen-bond donors (Lipinski definition) is 1. The molecule has 0 amide bonds. The van der Waals surface area contributed by atoms with E-state index in [9.17, 15) is 9.90 Å². The van der Waals surface area contributed by atoms with E-state index in [-0.39, 0.29) is 35.1 Å². The number of aromatic carboxylic acids is 1. The maximum atomic E-state index is 10.8. The summed E-state index contributed by atoms with van der Waals surface area (Å²) in [5, 5.41) is 14.9. The van der Waals surface area contributed by atoms with Crippen LogP contribution >= 0.6 is 0 Å². The minimum Gasteiger partial charge on any atom is -0.545 e. The van der Waals surface area contributed by atoms with Gasteiger partial charge in [0.1, 0.15) is 0 Å². The summed E-state index contributed by atoms with van der Waals surface area (Å²) in [6.45, 7) is 4.30. The Balaban J connectivity index is 0.00000242. The van der Waals surface area contributed by atoms with Gasteiger partial charge in [-0.25, -0.2) is 0 Å². The van der Waals surface area contributed by atoms with Crippen molar-refractivity contribution in [3.05, 3.63) is 65.2 Å². The minimum absolute atomic E-state index is 0. The first-order valence-corrected chi connectivity index (χ1v) is 6.76. The van der Waals surface area contributed by atoms with Gasteiger partial charge in [-0.3, -0.25) is 5.43 Å². The molecular weight excluding hydrogens is 287 g/mol. The van der Waals surface area contributed by atoms with Crippen molar-refractivity contribution < 1.29 is 39.5 Å². The third kappa shape index (κ3) is 5.30. The van der Waals surface area contributed by atoms with Crippen molar-refractivity contribution >= 4 is 17.9 Å². The van der Waals surface area contributed by atoms with Crippen molar-refractivity contribution in [2.75, 3.05) is 5.43 Å². The first kappa shape index (κ1) is 18.4. The van der Waals surface area contributed by atoms with Crippen LogP contribution in [0.2, 0.25) is 0 Å². The molecule has 0 saturated heterocycles. The maximum Gasteiger partial charge on any atom is 1.00 e. The fourth-order valence-corrected chi connectivity index (χ4v) is 1.86. The molecule has 4 nitrogen and oxygen atoms in total. The summed E-state index contributed by atoms with van der Waals surface area (Å²) in [4.78, 5) is 10.8. The molecule has 2 aromatic carbocycles. The topological polar surface area (TPSA) is 64.5 Å². The van der Waals surface area contributed by atoms with E-state index >= 15 is 0 Å². The van der Waals surface area contributed by atoms with Gasteiger partial charge in [0.2, 0.25) is 0 Å². The van der Waals surface area contributed by atoms with Crippen molar-refractivity contribution in [2.45, 2.75) is 19.8 Å². The van der Waals surface area contributed by atoms with E-state index in [1.807, 2.05) is 12.1 Å². The molecule has 0 aliphatic carbocycles. The summed E-state index contributed by atoms with van der Waals surface area (Å²) in [5.74, 6) is -0.701. The second kappa shape index (κ2) is 8.73. The van der Waals surface area contributed by atoms with Crippen LogP contribution in [-0.4, -0.2) is 12.2 Å². The van der Waals surface area contributed by atoms with Gasteiger partial charge in [-0.2, -0.15) is 5.10 Å². The molecule has 0 unspecified atom stereocenters. The molecule has 0 heterocycles. The molecule has 0 aliphatic rings. The number of carboxylic acids is 1. The van der Waals surface area contributed by atoms with Crippen LogP contribution in [-0.2, 0) is 0 Å². The predicted molar refractivity (Wildman–Crippen MR) is 82.5 cm³/mol. The summed E-state index contributed by atoms with van der Waals surface area (Å²) in [7, 11) is 0. The van der Waals surface area contributed by atoms with E-state index in [0.717, 1.165) is 5.56 Å². The van der Waals surface area contributed by atoms with Gasteiger partial charge in [-0.1, -0.05) is 50.2 Å². The van der Waals surface area contributed by atoms with Crippen molar-refractivity contribution in [2.24, 2.45) is 5.10 Å². The third-order valence-electron chi connectivity index (χ3n) is 3.11. The molecule has 0 atom stereocenters. The van der Waals surface area contributed by atoms with Crippen molar-refractivity contribution in [3.8, 4) is 0 Å². The molecule has 0 bridgehead atoms. The second-order valence-corrected chi connectivity index (χ2v) is 5.06. The molecule has 0 spiro atoms. The van der Waals surface area contributed by atoms with Gasteiger partial charge in [0, 0.05) is 0 Å². The van der Waals surface area contributed by atoms with Crippen LogP contribution in [0.4, 0.5) is 5.69 Å². The Morgan fingerprint density at radius 3 is 2.45 bits per heavy atom. The SMILES string of the molecule is CC(C)c1ccc(/C=N/Nc2cccc(C(=O)[O-])c2)cc1.[Na+]. The molecule has 5 heteroatoms. The van der Waals surface area contributed by atoms with Crippen LogP contribution in [0.1, 0.15) is 41.3 Å². The van der Waals surface area contributed by atoms with Gasteiger partial charge >= 0.3 is 29.6 Å². The van der Waals surface area contributed by atoms with Crippen LogP contribution in [0.15, 0.2) is 53.6 Å². The number of carbonyl (C=O) groups excluding carboxylic acids is 1. The Labute approximate surface area is 152 Å². The zero-order chi connectivity index (χ0) is 15.2. The molecule has 0 fully saturated rings. The summed E-state index contributed by atoms with van der Waals surface area (Å²) >= 11 is 0. The largest absolute Gasteiger partial charge is 1.00 e. The average Bonchev–Trinajstić information content (AvgIpc) is 2.48. The van der Waals surface area contributed by atoms with E-state index in [4.69, 9.17) is 0 Å². The molecule has 0 saturated carbocycles. The summed E-state index contributed by atoms with van der Waals surface area (Å²) in [6.07, 6.45) is 1.69. The smallest absolute Gasteiger partial charge is 0.545 e. The number of anilines is 1. The van der Waals surface area contributed by atoms with Crippen molar-refractivity contribution in [1.82, 2.24) is 0 Å². The minimum atomic E-state index is -1.20. The molecule has 2 aromatic rings. The first-order chi connectivity index (χ1) is 10.1.